The number of phenols is 2. The van der Waals surface area contributed by atoms with E-state index in [2.05, 4.69) is 31.4 Å². The molecule has 2 rings (SSSR count). The largest absolute Gasteiger partial charge is 0.507 e. The van der Waals surface area contributed by atoms with E-state index in [4.69, 9.17) is 0 Å². The number of benzene rings is 1. The van der Waals surface area contributed by atoms with Crippen LogP contribution in [0.5, 0.6) is 11.5 Å². The van der Waals surface area contributed by atoms with Gasteiger partial charge in [-0.15, -0.1) is 0 Å². The van der Waals surface area contributed by atoms with Crippen LogP contribution in [0.4, 0.5) is 0 Å². The highest BCUT2D eigenvalue weighted by Crippen LogP contribution is 2.30. The smallest absolute Gasteiger partial charge is 0.272 e. The molecule has 0 aliphatic rings. The third kappa shape index (κ3) is 3.33. The summed E-state index contributed by atoms with van der Waals surface area (Å²) < 4.78 is 0.412. The van der Waals surface area contributed by atoms with Gasteiger partial charge in [-0.3, -0.25) is 9.78 Å². The molecule has 0 atom stereocenters. The molecule has 102 valence electrons. The first kappa shape index (κ1) is 14.0. The number of halogens is 1. The zero-order chi connectivity index (χ0) is 14.5. The fourth-order valence-electron chi connectivity index (χ4n) is 1.39. The van der Waals surface area contributed by atoms with Gasteiger partial charge in [-0.05, 0) is 34.1 Å². The number of rotatable bonds is 3. The summed E-state index contributed by atoms with van der Waals surface area (Å²) in [5, 5.41) is 22.7. The summed E-state index contributed by atoms with van der Waals surface area (Å²) in [5.41, 5.74) is 3.03. The van der Waals surface area contributed by atoms with Crippen molar-refractivity contribution in [3.63, 3.8) is 0 Å². The monoisotopic (exact) mass is 335 g/mol. The molecule has 2 aromatic rings. The summed E-state index contributed by atoms with van der Waals surface area (Å²) in [7, 11) is 0. The fraction of sp³-hybridized carbons (Fsp3) is 0. The minimum Gasteiger partial charge on any atom is -0.507 e. The van der Waals surface area contributed by atoms with Gasteiger partial charge in [0.15, 0.2) is 0 Å². The number of hydrogen-bond donors (Lipinski definition) is 3. The van der Waals surface area contributed by atoms with Gasteiger partial charge in [-0.25, -0.2) is 5.43 Å². The van der Waals surface area contributed by atoms with Crippen LogP contribution in [0.1, 0.15) is 15.9 Å². The molecule has 20 heavy (non-hydrogen) atoms. The average molecular weight is 336 g/mol. The van der Waals surface area contributed by atoms with Gasteiger partial charge in [-0.2, -0.15) is 5.10 Å². The molecular weight excluding hydrogens is 326 g/mol. The molecule has 1 heterocycles. The predicted molar refractivity (Wildman–Crippen MR) is 76.8 cm³/mol. The number of carbonyl (C=O) groups is 1. The van der Waals surface area contributed by atoms with Crippen molar-refractivity contribution >= 4 is 28.1 Å². The lowest BCUT2D eigenvalue weighted by Crippen LogP contribution is -2.17. The molecule has 3 N–H and O–H groups in total. The maximum atomic E-state index is 11.7. The summed E-state index contributed by atoms with van der Waals surface area (Å²) in [4.78, 5) is 15.5. The predicted octanol–water partition coefficient (Wildman–Crippen LogP) is 2.02. The molecule has 0 fully saturated rings. The Kier molecular flexibility index (Phi) is 4.31. The second-order valence-corrected chi connectivity index (χ2v) is 4.66. The Morgan fingerprint density at radius 1 is 1.35 bits per heavy atom. The number of carbonyl (C=O) groups excluding carboxylic acids is 1. The Hall–Kier alpha value is -2.41. The lowest BCUT2D eigenvalue weighted by molar-refractivity contribution is 0.0954. The lowest BCUT2D eigenvalue weighted by atomic mass is 10.2. The van der Waals surface area contributed by atoms with Crippen molar-refractivity contribution in [3.05, 3.63) is 52.3 Å². The van der Waals surface area contributed by atoms with Crippen LogP contribution in [0, 0.1) is 0 Å². The van der Waals surface area contributed by atoms with Crippen molar-refractivity contribution in [3.8, 4) is 11.5 Å². The van der Waals surface area contributed by atoms with Crippen LogP contribution in [0.25, 0.3) is 0 Å². The molecular formula is C13H10BrN3O3. The van der Waals surface area contributed by atoms with E-state index in [1.165, 1.54) is 24.5 Å². The average Bonchev–Trinajstić information content (AvgIpc) is 2.45. The van der Waals surface area contributed by atoms with Crippen molar-refractivity contribution in [2.45, 2.75) is 0 Å². The quantitative estimate of drug-likeness (QED) is 0.590. The first-order chi connectivity index (χ1) is 9.58. The van der Waals surface area contributed by atoms with Crippen molar-refractivity contribution in [1.82, 2.24) is 10.4 Å². The lowest BCUT2D eigenvalue weighted by Gasteiger charge is -2.02. The fourth-order valence-corrected chi connectivity index (χ4v) is 1.75. The zero-order valence-electron chi connectivity index (χ0n) is 10.1. The summed E-state index contributed by atoms with van der Waals surface area (Å²) in [5.74, 6) is -0.643. The first-order valence-electron chi connectivity index (χ1n) is 5.53. The van der Waals surface area contributed by atoms with Crippen LogP contribution in [0.3, 0.4) is 0 Å². The van der Waals surface area contributed by atoms with Crippen molar-refractivity contribution < 1.29 is 15.0 Å². The van der Waals surface area contributed by atoms with E-state index in [1.807, 2.05) is 0 Å². The number of phenolic OH excluding ortho intramolecular Hbond substituents is 2. The second-order valence-electron chi connectivity index (χ2n) is 3.80. The highest BCUT2D eigenvalue weighted by molar-refractivity contribution is 9.10. The number of hydrazone groups is 1. The topological polar surface area (TPSA) is 94.8 Å². The summed E-state index contributed by atoms with van der Waals surface area (Å²) in [6, 6.07) is 5.90. The number of hydrogen-bond acceptors (Lipinski definition) is 5. The van der Waals surface area contributed by atoms with Crippen LogP contribution >= 0.6 is 15.9 Å². The number of pyridine rings is 1. The van der Waals surface area contributed by atoms with E-state index in [1.54, 1.807) is 18.3 Å². The maximum absolute atomic E-state index is 11.7. The molecule has 1 aromatic heterocycles. The van der Waals surface area contributed by atoms with Crippen LogP contribution < -0.4 is 5.43 Å². The SMILES string of the molecule is O=C(N/N=C\c1cc(Br)c(O)cc1O)c1cccnc1. The molecule has 1 aromatic carbocycles. The standard InChI is InChI=1S/C13H10BrN3O3/c14-10-4-9(11(18)5-12(10)19)7-16-17-13(20)8-2-1-3-15-6-8/h1-7,18-19H,(H,17,20)/b16-7-. The Bertz CT molecular complexity index is 659. The number of aromatic nitrogens is 1. The molecule has 0 aliphatic carbocycles. The van der Waals surface area contributed by atoms with E-state index in [0.717, 1.165) is 0 Å². The molecule has 6 nitrogen and oxygen atoms in total. The molecule has 0 unspecified atom stereocenters. The van der Waals surface area contributed by atoms with Crippen LogP contribution in [-0.2, 0) is 0 Å². The second kappa shape index (κ2) is 6.16. The van der Waals surface area contributed by atoms with Gasteiger partial charge in [-0.1, -0.05) is 0 Å². The molecule has 0 spiro atoms. The van der Waals surface area contributed by atoms with Gasteiger partial charge >= 0.3 is 0 Å². The van der Waals surface area contributed by atoms with Gasteiger partial charge in [0.25, 0.3) is 5.91 Å². The normalized spacial score (nSPS) is 10.7. The first-order valence-corrected chi connectivity index (χ1v) is 6.32. The summed E-state index contributed by atoms with van der Waals surface area (Å²) in [6.45, 7) is 0. The van der Waals surface area contributed by atoms with Gasteiger partial charge in [0.2, 0.25) is 0 Å². The van der Waals surface area contributed by atoms with Gasteiger partial charge in [0.1, 0.15) is 11.5 Å². The van der Waals surface area contributed by atoms with Crippen LogP contribution in [0.2, 0.25) is 0 Å². The van der Waals surface area contributed by atoms with E-state index in [9.17, 15) is 15.0 Å². The minimum absolute atomic E-state index is 0.0842. The van der Waals surface area contributed by atoms with E-state index >= 15 is 0 Å². The molecule has 0 aliphatic heterocycles. The highest BCUT2D eigenvalue weighted by Gasteiger charge is 2.06. The van der Waals surface area contributed by atoms with E-state index in [0.29, 0.717) is 15.6 Å². The van der Waals surface area contributed by atoms with Crippen molar-refractivity contribution in [2.75, 3.05) is 0 Å². The maximum Gasteiger partial charge on any atom is 0.272 e. The molecule has 0 saturated heterocycles. The third-order valence-electron chi connectivity index (χ3n) is 2.39. The number of aromatic hydroxyl groups is 2. The number of nitrogens with zero attached hydrogens (tertiary/aromatic N) is 2. The Balaban J connectivity index is 2.08. The van der Waals surface area contributed by atoms with E-state index < -0.39 is 5.91 Å². The van der Waals surface area contributed by atoms with Crippen LogP contribution in [-0.4, -0.2) is 27.3 Å². The third-order valence-corrected chi connectivity index (χ3v) is 3.02. The molecule has 7 heteroatoms. The molecule has 0 bridgehead atoms. The molecule has 1 amide bonds. The van der Waals surface area contributed by atoms with Crippen LogP contribution in [0.15, 0.2) is 46.2 Å². The minimum atomic E-state index is -0.410. The number of amides is 1. The Labute approximate surface area is 122 Å². The molecule has 0 radical (unpaired) electrons. The highest BCUT2D eigenvalue weighted by atomic mass is 79.9. The molecule has 0 saturated carbocycles. The van der Waals surface area contributed by atoms with Crippen molar-refractivity contribution in [1.29, 1.82) is 0 Å². The Morgan fingerprint density at radius 2 is 2.15 bits per heavy atom. The summed E-state index contributed by atoms with van der Waals surface area (Å²) in [6.07, 6.45) is 4.25. The zero-order valence-corrected chi connectivity index (χ0v) is 11.7. The summed E-state index contributed by atoms with van der Waals surface area (Å²) >= 11 is 3.12. The van der Waals surface area contributed by atoms with Crippen molar-refractivity contribution in [2.24, 2.45) is 5.10 Å². The van der Waals surface area contributed by atoms with Gasteiger partial charge < -0.3 is 10.2 Å². The van der Waals surface area contributed by atoms with Gasteiger partial charge in [0.05, 0.1) is 16.3 Å². The van der Waals surface area contributed by atoms with E-state index in [-0.39, 0.29) is 11.5 Å². The Morgan fingerprint density at radius 3 is 2.85 bits per heavy atom. The van der Waals surface area contributed by atoms with Gasteiger partial charge in [0, 0.05) is 24.0 Å². The number of nitrogens with one attached hydrogen (secondary N) is 1.